The largest absolute Gasteiger partial charge is 0.458 e. The number of ether oxygens (including phenoxy) is 2. The van der Waals surface area contributed by atoms with Crippen molar-refractivity contribution >= 4 is 87.8 Å². The Balaban J connectivity index is 1.34. The maximum Gasteiger partial charge on any atom is 0.329 e. The van der Waals surface area contributed by atoms with Gasteiger partial charge >= 0.3 is 11.9 Å². The molecule has 0 saturated carbocycles. The molecule has 0 spiro atoms. The molecule has 4 fully saturated rings. The van der Waals surface area contributed by atoms with Crippen LogP contribution in [0.5, 0.6) is 0 Å². The average Bonchev–Trinajstić information content (AvgIpc) is 1.25. The second-order valence-corrected chi connectivity index (χ2v) is 26.0. The van der Waals surface area contributed by atoms with Crippen molar-refractivity contribution in [2.45, 2.75) is 189 Å². The van der Waals surface area contributed by atoms with Crippen LogP contribution in [-0.2, 0) is 57.4 Å². The number of amides is 10. The first-order valence-electron chi connectivity index (χ1n) is 32.1. The molecule has 1 aromatic carbocycles. The van der Waals surface area contributed by atoms with Crippen LogP contribution >= 0.6 is 0 Å². The zero-order valence-corrected chi connectivity index (χ0v) is 56.3. The van der Waals surface area contributed by atoms with E-state index in [0.29, 0.717) is 37.7 Å². The molecule has 28 nitrogen and oxygen atoms in total. The third-order valence-electron chi connectivity index (χ3n) is 19.2. The van der Waals surface area contributed by atoms with Gasteiger partial charge in [0.1, 0.15) is 71.8 Å². The number of anilines is 1. The van der Waals surface area contributed by atoms with Crippen molar-refractivity contribution in [1.82, 2.24) is 55.7 Å². The molecule has 0 aromatic heterocycles. The fourth-order valence-electron chi connectivity index (χ4n) is 12.7. The Morgan fingerprint density at radius 2 is 1.08 bits per heavy atom. The van der Waals surface area contributed by atoms with Gasteiger partial charge in [0, 0.05) is 46.8 Å². The van der Waals surface area contributed by atoms with E-state index in [1.807, 2.05) is 0 Å². The third kappa shape index (κ3) is 14.6. The number of hydrogen-bond donors (Lipinski definition) is 5. The number of nitrogen functional groups attached to an aromatic ring is 1. The number of hydrogen-bond acceptors (Lipinski definition) is 18. The number of likely N-dealkylation sites (N-methyl/N-ethyl adjacent to an activating group) is 4. The Morgan fingerprint density at radius 1 is 0.634 bits per heavy atom. The first-order chi connectivity index (χ1) is 43.7. The molecule has 28 heteroatoms. The molecule has 0 unspecified atom stereocenters. The quantitative estimate of drug-likeness (QED) is 0.104. The van der Waals surface area contributed by atoms with Gasteiger partial charge in [0.25, 0.3) is 11.8 Å². The Labute approximate surface area is 541 Å². The van der Waals surface area contributed by atoms with E-state index in [1.165, 1.54) is 85.6 Å². The van der Waals surface area contributed by atoms with E-state index in [9.17, 15) is 43.2 Å². The first kappa shape index (κ1) is 71.7. The molecule has 1 aromatic rings. The molecule has 7 rings (SSSR count). The van der Waals surface area contributed by atoms with Gasteiger partial charge in [-0.2, -0.15) is 0 Å². The number of fused-ring (bicyclic) bond motifs is 4. The number of nitrogens with zero attached hydrogens (tertiary/aromatic N) is 7. The van der Waals surface area contributed by atoms with Gasteiger partial charge < -0.3 is 70.3 Å². The maximum absolute atomic E-state index is 15.3. The lowest BCUT2D eigenvalue weighted by Gasteiger charge is -2.36. The van der Waals surface area contributed by atoms with Crippen molar-refractivity contribution in [1.29, 1.82) is 0 Å². The van der Waals surface area contributed by atoms with Crippen molar-refractivity contribution in [3.05, 3.63) is 44.6 Å². The van der Waals surface area contributed by atoms with E-state index in [-0.39, 0.29) is 53.9 Å². The summed E-state index contributed by atoms with van der Waals surface area (Å²) in [5.41, 5.74) is 3.65. The van der Waals surface area contributed by atoms with E-state index in [0.717, 1.165) is 4.90 Å². The Kier molecular flexibility index (Phi) is 22.7. The predicted octanol–water partition coefficient (Wildman–Crippen LogP) is 1.90. The molecule has 0 bridgehead atoms. The molecule has 5 aliphatic heterocycles. The highest BCUT2D eigenvalue weighted by Crippen LogP contribution is 2.35. The topological polar surface area (TPSA) is 360 Å². The summed E-state index contributed by atoms with van der Waals surface area (Å²) in [6, 6.07) is -7.84. The average molecular weight is 1300 g/mol. The van der Waals surface area contributed by atoms with Gasteiger partial charge in [-0.15, -0.1) is 0 Å². The molecule has 0 radical (unpaired) electrons. The lowest BCUT2D eigenvalue weighted by Crippen LogP contribution is -2.61. The summed E-state index contributed by atoms with van der Waals surface area (Å²) >= 11 is 0. The lowest BCUT2D eigenvalue weighted by molar-refractivity contribution is -0.163. The van der Waals surface area contributed by atoms with Crippen molar-refractivity contribution < 1.29 is 71.4 Å². The Bertz CT molecular complexity index is 3480. The van der Waals surface area contributed by atoms with Crippen molar-refractivity contribution in [2.75, 3.05) is 60.1 Å². The number of aryl methyl sites for hydroxylation is 1. The zero-order chi connectivity index (χ0) is 69.1. The summed E-state index contributed by atoms with van der Waals surface area (Å²) in [4.78, 5) is 201. The zero-order valence-electron chi connectivity index (χ0n) is 56.3. The fraction of sp³-hybridized carbons (Fsp3) is 0.631. The number of nitrogens with one attached hydrogen (secondary N) is 4. The predicted molar refractivity (Wildman–Crippen MR) is 339 cm³/mol. The minimum atomic E-state index is -1.88. The van der Waals surface area contributed by atoms with Gasteiger partial charge in [-0.25, -0.2) is 14.6 Å². The highest BCUT2D eigenvalue weighted by atomic mass is 16.6. The highest BCUT2D eigenvalue weighted by Gasteiger charge is 2.47. The minimum absolute atomic E-state index is 0.0717. The SMILES string of the molecule is CC[C@H](C)[C@H]1C(=O)O[C@H](C)[C@H](NC(=O)c2ccc(C)c3oc4c(C)c(=O)c(N)c(C(=O)N[C@@H]5C(=O)N[C@H]([C@@H](C)CC)C(=O)N6CCC[C@H]6C(=O)N(C)CC(=O)N(C)[C@@H](C(C)C)C(=O)O[C@@H]5C)c-4nc23)C(=O)N[C@H]([C@@H](C)CC)C(=O)N2CCC[C@H]2C(=O)N(C)CC(=O)N1C. The molecule has 93 heavy (non-hydrogen) atoms. The van der Waals surface area contributed by atoms with Crippen LogP contribution in [0.1, 0.15) is 146 Å². The molecule has 1 aliphatic carbocycles. The van der Waals surface area contributed by atoms with Crippen LogP contribution < -0.4 is 32.4 Å². The molecule has 10 amide bonds. The van der Waals surface area contributed by atoms with Gasteiger partial charge in [0.2, 0.25) is 52.7 Å². The smallest absolute Gasteiger partial charge is 0.329 e. The summed E-state index contributed by atoms with van der Waals surface area (Å²) in [5, 5.41) is 10.9. The lowest BCUT2D eigenvalue weighted by atomic mass is 9.96. The minimum Gasteiger partial charge on any atom is -0.458 e. The molecule has 508 valence electrons. The monoisotopic (exact) mass is 1300 g/mol. The first-order valence-corrected chi connectivity index (χ1v) is 32.1. The van der Waals surface area contributed by atoms with Crippen molar-refractivity contribution in [2.24, 2.45) is 23.7 Å². The van der Waals surface area contributed by atoms with Crippen LogP contribution in [0.4, 0.5) is 5.69 Å². The number of carbonyl (C=O) groups is 12. The number of aromatic nitrogens is 1. The number of esters is 2. The van der Waals surface area contributed by atoms with Crippen LogP contribution in [0.2, 0.25) is 0 Å². The van der Waals surface area contributed by atoms with Crippen LogP contribution in [0, 0.1) is 37.5 Å². The number of nitrogens with two attached hydrogens (primary N) is 1. The number of cyclic esters (lactones) is 2. The number of benzene rings is 2. The van der Waals surface area contributed by atoms with E-state index < -0.39 is 191 Å². The third-order valence-corrected chi connectivity index (χ3v) is 19.2. The van der Waals surface area contributed by atoms with E-state index in [4.69, 9.17) is 24.6 Å². The Morgan fingerprint density at radius 3 is 1.53 bits per heavy atom. The number of carbonyl (C=O) groups excluding carboxylic acids is 12. The van der Waals surface area contributed by atoms with Gasteiger partial charge in [0.05, 0.1) is 29.9 Å². The van der Waals surface area contributed by atoms with Crippen LogP contribution in [0.25, 0.3) is 22.6 Å². The van der Waals surface area contributed by atoms with E-state index >= 15 is 19.2 Å². The molecule has 4 saturated heterocycles. The molecular weight excluding hydrogens is 1200 g/mol. The summed E-state index contributed by atoms with van der Waals surface area (Å²) < 4.78 is 18.5. The fourth-order valence-corrected chi connectivity index (χ4v) is 12.7. The van der Waals surface area contributed by atoms with Crippen molar-refractivity contribution in [3.63, 3.8) is 0 Å². The number of rotatable bonds is 11. The molecule has 13 atom stereocenters. The van der Waals surface area contributed by atoms with E-state index in [2.05, 4.69) is 21.3 Å². The standard InChI is InChI=1S/C65H92N12O16/c1-17-31(6)45-62(87)77-27-21-23-40(77)61(86)73(14)29-42(79)75(16)52(33(8)19-3)65(90)92-36(11)47(58(83)68-45)70-56(81)38-25-24-34(9)54-49(38)67-50-43(44(66)53(80)35(10)55(50)93-54)57(82)71-48-37(12)91-64(89)51(30(4)5)74(15)41(78)28-72(13)60(85)39-22-20-26-76(39)63(88)46(32(7)18-2)69-59(48)84/h24-25,30-33,36-37,39-40,45-48,51-52H,17-23,26-29,66H2,1-16H3,(H,68,83)(H,69,84)(H,70,81)(H,71,82)/t31-,32-,33-,36+,37+,39-,40-,45+,46+,47-,48-,51-,52-/m0/s1. The molecular formula is C65H92N12O16. The van der Waals surface area contributed by atoms with Crippen LogP contribution in [-0.4, -0.2) is 220 Å². The second kappa shape index (κ2) is 29.5. The summed E-state index contributed by atoms with van der Waals surface area (Å²) in [6.45, 7) is 19.0. The summed E-state index contributed by atoms with van der Waals surface area (Å²) in [5.74, 6) is -12.1. The Hall–Kier alpha value is -8.72. The molecule has 5 heterocycles. The summed E-state index contributed by atoms with van der Waals surface area (Å²) in [6.07, 6.45) is -0.522. The van der Waals surface area contributed by atoms with Gasteiger partial charge in [-0.1, -0.05) is 80.7 Å². The highest BCUT2D eigenvalue weighted by molar-refractivity contribution is 6.10. The summed E-state index contributed by atoms with van der Waals surface area (Å²) in [7, 11) is 5.64. The molecule has 6 aliphatic rings. The van der Waals surface area contributed by atoms with Crippen molar-refractivity contribution in [3.8, 4) is 11.5 Å². The van der Waals surface area contributed by atoms with E-state index in [1.54, 1.807) is 62.3 Å². The van der Waals surface area contributed by atoms with Gasteiger partial charge in [-0.05, 0) is 88.7 Å². The maximum atomic E-state index is 15.3. The molecule has 6 N–H and O–H groups in total. The van der Waals surface area contributed by atoms with Gasteiger partial charge in [-0.3, -0.25) is 52.7 Å². The van der Waals surface area contributed by atoms with Gasteiger partial charge in [0.15, 0.2) is 11.3 Å². The van der Waals surface area contributed by atoms with Crippen LogP contribution in [0.3, 0.4) is 0 Å². The normalized spacial score (nSPS) is 26.6. The van der Waals surface area contributed by atoms with Crippen LogP contribution in [0.15, 0.2) is 21.3 Å². The second-order valence-electron chi connectivity index (χ2n) is 26.0.